The molecule has 1 aliphatic heterocycles. The lowest BCUT2D eigenvalue weighted by Gasteiger charge is -2.04. The highest BCUT2D eigenvalue weighted by atomic mass is 19.1. The van der Waals surface area contributed by atoms with E-state index in [1.54, 1.807) is 6.92 Å². The Kier molecular flexibility index (Phi) is 1.49. The van der Waals surface area contributed by atoms with E-state index in [0.717, 1.165) is 0 Å². The first kappa shape index (κ1) is 5.98. The van der Waals surface area contributed by atoms with Gasteiger partial charge in [0.2, 0.25) is 6.36 Å². The minimum Gasteiger partial charge on any atom is -0.390 e. The van der Waals surface area contributed by atoms with E-state index in [-0.39, 0.29) is 12.5 Å². The highest BCUT2D eigenvalue weighted by molar-refractivity contribution is 4.72. The van der Waals surface area contributed by atoms with Crippen LogP contribution in [0.15, 0.2) is 0 Å². The molecule has 0 saturated carbocycles. The van der Waals surface area contributed by atoms with Crippen molar-refractivity contribution in [2.45, 2.75) is 19.4 Å². The van der Waals surface area contributed by atoms with Gasteiger partial charge in [0.05, 0.1) is 12.7 Å². The Hall–Kier alpha value is -0.150. The summed E-state index contributed by atoms with van der Waals surface area (Å²) in [6.07, 6.45) is -1.87. The third-order valence-corrected chi connectivity index (χ3v) is 1.45. The zero-order chi connectivity index (χ0) is 6.15. The molecule has 0 amide bonds. The number of aliphatic hydroxyl groups excluding tert-OH is 1. The van der Waals surface area contributed by atoms with Gasteiger partial charge >= 0.3 is 0 Å². The first-order valence-electron chi connectivity index (χ1n) is 2.65. The topological polar surface area (TPSA) is 29.5 Å². The maximum Gasteiger partial charge on any atom is 0.204 e. The standard InChI is InChI=1S/C5H9FO2/c1-3-4(7)2-8-5(3)6/h3-5,7H,2H2,1H3. The fourth-order valence-electron chi connectivity index (χ4n) is 0.669. The van der Waals surface area contributed by atoms with Crippen LogP contribution in [0.3, 0.4) is 0 Å². The molecular formula is C5H9FO2. The summed E-state index contributed by atoms with van der Waals surface area (Å²) in [5, 5.41) is 8.80. The van der Waals surface area contributed by atoms with E-state index in [1.807, 2.05) is 0 Å². The van der Waals surface area contributed by atoms with Gasteiger partial charge in [0.25, 0.3) is 0 Å². The average Bonchev–Trinajstić information content (AvgIpc) is 1.98. The van der Waals surface area contributed by atoms with Gasteiger partial charge in [0.1, 0.15) is 0 Å². The zero-order valence-corrected chi connectivity index (χ0v) is 4.67. The molecule has 1 heterocycles. The number of hydrogen-bond donors (Lipinski definition) is 1. The third-order valence-electron chi connectivity index (χ3n) is 1.45. The molecule has 0 spiro atoms. The summed E-state index contributed by atoms with van der Waals surface area (Å²) in [6.45, 7) is 1.77. The average molecular weight is 120 g/mol. The molecule has 0 aliphatic carbocycles. The first-order chi connectivity index (χ1) is 3.72. The molecule has 0 bridgehead atoms. The molecule has 3 heteroatoms. The van der Waals surface area contributed by atoms with E-state index in [9.17, 15) is 4.39 Å². The minimum atomic E-state index is -1.26. The second kappa shape index (κ2) is 1.99. The Morgan fingerprint density at radius 2 is 2.38 bits per heavy atom. The smallest absolute Gasteiger partial charge is 0.204 e. The number of alkyl halides is 1. The normalized spacial score (nSPS) is 47.6. The summed E-state index contributed by atoms with van der Waals surface area (Å²) in [7, 11) is 0. The summed E-state index contributed by atoms with van der Waals surface area (Å²) in [5.41, 5.74) is 0. The maximum atomic E-state index is 12.2. The van der Waals surface area contributed by atoms with Crippen molar-refractivity contribution >= 4 is 0 Å². The lowest BCUT2D eigenvalue weighted by Crippen LogP contribution is -2.17. The first-order valence-corrected chi connectivity index (χ1v) is 2.65. The van der Waals surface area contributed by atoms with Gasteiger partial charge in [-0.2, -0.15) is 0 Å². The van der Waals surface area contributed by atoms with Gasteiger partial charge in [-0.1, -0.05) is 6.92 Å². The van der Waals surface area contributed by atoms with Gasteiger partial charge in [-0.05, 0) is 0 Å². The van der Waals surface area contributed by atoms with Gasteiger partial charge in [-0.3, -0.25) is 0 Å². The van der Waals surface area contributed by atoms with E-state index in [4.69, 9.17) is 5.11 Å². The molecule has 0 aromatic carbocycles. The summed E-state index contributed by atoms with van der Waals surface area (Å²) in [4.78, 5) is 0. The van der Waals surface area contributed by atoms with Crippen LogP contribution >= 0.6 is 0 Å². The molecule has 1 rings (SSSR count). The predicted molar refractivity (Wildman–Crippen MR) is 26.0 cm³/mol. The quantitative estimate of drug-likeness (QED) is 0.498. The van der Waals surface area contributed by atoms with E-state index in [1.165, 1.54) is 0 Å². The van der Waals surface area contributed by atoms with Crippen molar-refractivity contribution in [2.75, 3.05) is 6.61 Å². The second-order valence-electron chi connectivity index (χ2n) is 2.11. The van der Waals surface area contributed by atoms with Crippen LogP contribution in [0, 0.1) is 5.92 Å². The molecule has 1 N–H and O–H groups in total. The second-order valence-corrected chi connectivity index (χ2v) is 2.11. The molecule has 1 saturated heterocycles. The molecule has 0 aromatic rings. The van der Waals surface area contributed by atoms with Crippen molar-refractivity contribution in [2.24, 2.45) is 5.92 Å². The van der Waals surface area contributed by atoms with Gasteiger partial charge in [-0.15, -0.1) is 0 Å². The van der Waals surface area contributed by atoms with Crippen LogP contribution in [0.25, 0.3) is 0 Å². The van der Waals surface area contributed by atoms with Crippen molar-refractivity contribution in [3.63, 3.8) is 0 Å². The van der Waals surface area contributed by atoms with Crippen LogP contribution < -0.4 is 0 Å². The van der Waals surface area contributed by atoms with Crippen LogP contribution in [0.2, 0.25) is 0 Å². The number of aliphatic hydroxyl groups is 1. The summed E-state index contributed by atoms with van der Waals surface area (Å²) in [5.74, 6) is -0.352. The number of hydrogen-bond acceptors (Lipinski definition) is 2. The molecule has 1 fully saturated rings. The van der Waals surface area contributed by atoms with Gasteiger partial charge in [0, 0.05) is 5.92 Å². The molecule has 0 aromatic heterocycles. The summed E-state index contributed by atoms with van der Waals surface area (Å²) >= 11 is 0. The third kappa shape index (κ3) is 0.833. The van der Waals surface area contributed by atoms with E-state index in [0.29, 0.717) is 0 Å². The Balaban J connectivity index is 2.44. The molecule has 2 nitrogen and oxygen atoms in total. The highest BCUT2D eigenvalue weighted by Crippen LogP contribution is 2.20. The molecule has 1 aliphatic rings. The molecule has 3 unspecified atom stereocenters. The molecular weight excluding hydrogens is 111 g/mol. The van der Waals surface area contributed by atoms with Crippen LogP contribution in [-0.4, -0.2) is 24.2 Å². The van der Waals surface area contributed by atoms with Crippen LogP contribution in [0.1, 0.15) is 6.92 Å². The van der Waals surface area contributed by atoms with Crippen molar-refractivity contribution in [3.8, 4) is 0 Å². The fraction of sp³-hybridized carbons (Fsp3) is 1.00. The summed E-state index contributed by atoms with van der Waals surface area (Å²) < 4.78 is 16.6. The van der Waals surface area contributed by atoms with Gasteiger partial charge in [0.15, 0.2) is 0 Å². The van der Waals surface area contributed by atoms with Crippen LogP contribution in [0.5, 0.6) is 0 Å². The molecule has 0 radical (unpaired) electrons. The summed E-state index contributed by atoms with van der Waals surface area (Å²) in [6, 6.07) is 0. The minimum absolute atomic E-state index is 0.141. The van der Waals surface area contributed by atoms with Gasteiger partial charge in [-0.25, -0.2) is 4.39 Å². The monoisotopic (exact) mass is 120 g/mol. The predicted octanol–water partition coefficient (Wildman–Crippen LogP) is 0.309. The fourth-order valence-corrected chi connectivity index (χ4v) is 0.669. The van der Waals surface area contributed by atoms with Crippen molar-refractivity contribution in [1.82, 2.24) is 0 Å². The van der Waals surface area contributed by atoms with E-state index in [2.05, 4.69) is 4.74 Å². The lowest BCUT2D eigenvalue weighted by atomic mass is 10.1. The Morgan fingerprint density at radius 1 is 1.75 bits per heavy atom. The SMILES string of the molecule is CC1C(O)COC1F. The molecule has 3 atom stereocenters. The number of rotatable bonds is 0. The van der Waals surface area contributed by atoms with Crippen LogP contribution in [-0.2, 0) is 4.74 Å². The number of ether oxygens (including phenoxy) is 1. The highest BCUT2D eigenvalue weighted by Gasteiger charge is 2.31. The lowest BCUT2D eigenvalue weighted by molar-refractivity contribution is -0.0106. The largest absolute Gasteiger partial charge is 0.390 e. The zero-order valence-electron chi connectivity index (χ0n) is 4.67. The Morgan fingerprint density at radius 3 is 2.50 bits per heavy atom. The molecule has 48 valence electrons. The maximum absolute atomic E-state index is 12.2. The number of halogens is 1. The van der Waals surface area contributed by atoms with Crippen LogP contribution in [0.4, 0.5) is 4.39 Å². The van der Waals surface area contributed by atoms with E-state index >= 15 is 0 Å². The van der Waals surface area contributed by atoms with Crippen molar-refractivity contribution in [3.05, 3.63) is 0 Å². The molecule has 8 heavy (non-hydrogen) atoms. The van der Waals surface area contributed by atoms with Gasteiger partial charge < -0.3 is 9.84 Å². The Bertz CT molecular complexity index is 76.5. The Labute approximate surface area is 47.3 Å². The van der Waals surface area contributed by atoms with E-state index < -0.39 is 12.5 Å². The van der Waals surface area contributed by atoms with Crippen molar-refractivity contribution < 1.29 is 14.2 Å². The van der Waals surface area contributed by atoms with Crippen molar-refractivity contribution in [1.29, 1.82) is 0 Å².